The van der Waals surface area contributed by atoms with Crippen LogP contribution in [0.4, 0.5) is 0 Å². The minimum atomic E-state index is -0.868. The second-order valence-corrected chi connectivity index (χ2v) is 7.81. The lowest BCUT2D eigenvalue weighted by Gasteiger charge is -2.03. The van der Waals surface area contributed by atoms with Crippen molar-refractivity contribution in [2.24, 2.45) is 0 Å². The summed E-state index contributed by atoms with van der Waals surface area (Å²) in [5.74, 6) is 0. The van der Waals surface area contributed by atoms with Gasteiger partial charge in [0.15, 0.2) is 0 Å². The van der Waals surface area contributed by atoms with Crippen LogP contribution in [0, 0.1) is 0 Å². The van der Waals surface area contributed by atoms with Gasteiger partial charge in [-0.1, -0.05) is 90.9 Å². The van der Waals surface area contributed by atoms with E-state index in [1.54, 1.807) is 0 Å². The first-order chi connectivity index (χ1) is 9.31. The van der Waals surface area contributed by atoms with Gasteiger partial charge in [0.2, 0.25) is 0 Å². The lowest BCUT2D eigenvalue weighted by atomic mass is 10.1. The average Bonchev–Trinajstić information content (AvgIpc) is 2.43. The maximum atomic E-state index is 11.3. The van der Waals surface area contributed by atoms with Crippen LogP contribution in [-0.2, 0) is 4.57 Å². The van der Waals surface area contributed by atoms with E-state index >= 15 is 0 Å². The molecule has 1 atom stereocenters. The summed E-state index contributed by atoms with van der Waals surface area (Å²) in [7, 11) is -0.868. The number of rotatable bonds is 15. The van der Waals surface area contributed by atoms with Crippen molar-refractivity contribution in [2.75, 3.05) is 12.3 Å². The van der Waals surface area contributed by atoms with Gasteiger partial charge in [-0.05, 0) is 6.42 Å². The zero-order valence-corrected chi connectivity index (χ0v) is 14.4. The zero-order chi connectivity index (χ0) is 14.2. The molecule has 0 aromatic heterocycles. The molecule has 0 heterocycles. The molecule has 0 aromatic rings. The van der Waals surface area contributed by atoms with E-state index in [1.165, 1.54) is 83.5 Å². The Morgan fingerprint density at radius 2 is 0.947 bits per heavy atom. The first-order valence-corrected chi connectivity index (χ1v) is 10.4. The molecule has 0 saturated carbocycles. The zero-order valence-electron chi connectivity index (χ0n) is 13.5. The number of hydrogen-bond donors (Lipinski definition) is 0. The van der Waals surface area contributed by atoms with Crippen LogP contribution in [0.15, 0.2) is 0 Å². The summed E-state index contributed by atoms with van der Waals surface area (Å²) >= 11 is 0. The van der Waals surface area contributed by atoms with Crippen molar-refractivity contribution in [3.63, 3.8) is 0 Å². The number of hydrogen-bond acceptors (Lipinski definition) is 1. The highest BCUT2D eigenvalue weighted by molar-refractivity contribution is 7.44. The Kier molecular flexibility index (Phi) is 16.2. The van der Waals surface area contributed by atoms with Crippen molar-refractivity contribution in [3.05, 3.63) is 0 Å². The Balaban J connectivity index is 2.97. The fourth-order valence-electron chi connectivity index (χ4n) is 2.46. The van der Waals surface area contributed by atoms with E-state index < -0.39 is 7.80 Å². The summed E-state index contributed by atoms with van der Waals surface area (Å²) in [4.78, 5) is 0. The summed E-state index contributed by atoms with van der Waals surface area (Å²) in [6.07, 6.45) is 19.9. The van der Waals surface area contributed by atoms with Crippen LogP contribution in [0.25, 0.3) is 0 Å². The fourth-order valence-corrected chi connectivity index (χ4v) is 3.36. The molecule has 0 rings (SSSR count). The first-order valence-electron chi connectivity index (χ1n) is 8.73. The first kappa shape index (κ1) is 19.1. The van der Waals surface area contributed by atoms with Gasteiger partial charge < -0.3 is 0 Å². The third-order valence-electron chi connectivity index (χ3n) is 3.86. The molecule has 0 aromatic carbocycles. The van der Waals surface area contributed by atoms with E-state index in [0.717, 1.165) is 12.3 Å². The number of unbranched alkanes of at least 4 members (excludes halogenated alkanes) is 12. The highest BCUT2D eigenvalue weighted by atomic mass is 31.1. The van der Waals surface area contributed by atoms with Gasteiger partial charge in [0.25, 0.3) is 0 Å². The van der Waals surface area contributed by atoms with Gasteiger partial charge in [0.05, 0.1) is 7.80 Å². The van der Waals surface area contributed by atoms with Crippen molar-refractivity contribution in [1.82, 2.24) is 0 Å². The smallest absolute Gasteiger partial charge is 0.0715 e. The molecule has 1 radical (unpaired) electrons. The SMILES string of the molecule is CCCCCCCCCCCCCCC[P](=O)CC. The highest BCUT2D eigenvalue weighted by Crippen LogP contribution is 2.21. The van der Waals surface area contributed by atoms with Crippen LogP contribution < -0.4 is 0 Å². The van der Waals surface area contributed by atoms with Gasteiger partial charge in [0.1, 0.15) is 0 Å². The normalized spacial score (nSPS) is 11.8. The van der Waals surface area contributed by atoms with E-state index in [9.17, 15) is 4.57 Å². The molecule has 115 valence electrons. The monoisotopic (exact) mass is 287 g/mol. The Bertz CT molecular complexity index is 192. The molecule has 0 spiro atoms. The van der Waals surface area contributed by atoms with Crippen molar-refractivity contribution in [1.29, 1.82) is 0 Å². The van der Waals surface area contributed by atoms with E-state index in [4.69, 9.17) is 0 Å². The molecule has 0 amide bonds. The molecule has 0 saturated heterocycles. The Labute approximate surface area is 122 Å². The largest absolute Gasteiger partial charge is 0.287 e. The van der Waals surface area contributed by atoms with E-state index in [2.05, 4.69) is 6.92 Å². The molecular formula is C17H36OP. The molecule has 1 unspecified atom stereocenters. The summed E-state index contributed by atoms with van der Waals surface area (Å²) in [5.41, 5.74) is 0. The van der Waals surface area contributed by atoms with Crippen molar-refractivity contribution in [2.45, 2.75) is 97.3 Å². The molecular weight excluding hydrogens is 251 g/mol. The third kappa shape index (κ3) is 16.0. The van der Waals surface area contributed by atoms with Gasteiger partial charge in [-0.25, -0.2) is 0 Å². The highest BCUT2D eigenvalue weighted by Gasteiger charge is 1.97. The second-order valence-electron chi connectivity index (χ2n) is 5.76. The quantitative estimate of drug-likeness (QED) is 0.236. The van der Waals surface area contributed by atoms with E-state index in [0.29, 0.717) is 0 Å². The Morgan fingerprint density at radius 1 is 0.579 bits per heavy atom. The van der Waals surface area contributed by atoms with Crippen molar-refractivity contribution in [3.8, 4) is 0 Å². The molecule has 0 aliphatic heterocycles. The predicted molar refractivity (Wildman–Crippen MR) is 88.7 cm³/mol. The van der Waals surface area contributed by atoms with E-state index in [1.807, 2.05) is 6.92 Å². The minimum Gasteiger partial charge on any atom is -0.287 e. The van der Waals surface area contributed by atoms with Crippen molar-refractivity contribution < 1.29 is 4.57 Å². The molecule has 2 heteroatoms. The molecule has 0 aliphatic carbocycles. The molecule has 1 nitrogen and oxygen atoms in total. The summed E-state index contributed by atoms with van der Waals surface area (Å²) < 4.78 is 11.3. The molecule has 0 N–H and O–H groups in total. The van der Waals surface area contributed by atoms with Crippen LogP contribution in [0.3, 0.4) is 0 Å². The topological polar surface area (TPSA) is 17.1 Å². The van der Waals surface area contributed by atoms with Crippen LogP contribution in [-0.4, -0.2) is 12.3 Å². The maximum Gasteiger partial charge on any atom is 0.0715 e. The average molecular weight is 287 g/mol. The molecule has 0 fully saturated rings. The van der Waals surface area contributed by atoms with Gasteiger partial charge in [-0.3, -0.25) is 4.57 Å². The van der Waals surface area contributed by atoms with Gasteiger partial charge in [-0.2, -0.15) is 0 Å². The third-order valence-corrected chi connectivity index (χ3v) is 5.38. The molecule has 0 bridgehead atoms. The fraction of sp³-hybridized carbons (Fsp3) is 1.00. The predicted octanol–water partition coefficient (Wildman–Crippen LogP) is 6.92. The molecule has 19 heavy (non-hydrogen) atoms. The summed E-state index contributed by atoms with van der Waals surface area (Å²) in [5, 5.41) is 0. The van der Waals surface area contributed by atoms with Crippen molar-refractivity contribution >= 4 is 7.80 Å². The van der Waals surface area contributed by atoms with Gasteiger partial charge in [0, 0.05) is 12.3 Å². The summed E-state index contributed by atoms with van der Waals surface area (Å²) in [6, 6.07) is 0. The summed E-state index contributed by atoms with van der Waals surface area (Å²) in [6.45, 7) is 4.31. The van der Waals surface area contributed by atoms with Crippen LogP contribution in [0.1, 0.15) is 97.3 Å². The van der Waals surface area contributed by atoms with E-state index in [-0.39, 0.29) is 0 Å². The standard InChI is InChI=1S/C17H36OP/c1-3-5-6-7-8-9-10-11-12-13-14-15-16-17-19(18)4-2/h3-17H2,1-2H3. The van der Waals surface area contributed by atoms with Gasteiger partial charge in [-0.15, -0.1) is 0 Å². The van der Waals surface area contributed by atoms with Gasteiger partial charge >= 0.3 is 0 Å². The minimum absolute atomic E-state index is 0.868. The molecule has 0 aliphatic rings. The van der Waals surface area contributed by atoms with Crippen LogP contribution >= 0.6 is 7.80 Å². The Hall–Kier alpha value is 0.100. The van der Waals surface area contributed by atoms with Crippen LogP contribution in [0.2, 0.25) is 0 Å². The lowest BCUT2D eigenvalue weighted by Crippen LogP contribution is -1.84. The maximum absolute atomic E-state index is 11.3. The second kappa shape index (κ2) is 16.2. The van der Waals surface area contributed by atoms with Crippen LogP contribution in [0.5, 0.6) is 0 Å². The lowest BCUT2D eigenvalue weighted by molar-refractivity contribution is 0.541. The Morgan fingerprint density at radius 3 is 1.32 bits per heavy atom.